The fraction of sp³-hybridized carbons (Fsp3) is 0.148. The van der Waals surface area contributed by atoms with Crippen LogP contribution in [0, 0.1) is 0 Å². The van der Waals surface area contributed by atoms with Crippen LogP contribution in [0.2, 0.25) is 0 Å². The van der Waals surface area contributed by atoms with Crippen molar-refractivity contribution in [2.45, 2.75) is 13.5 Å². The first-order valence-corrected chi connectivity index (χ1v) is 10.8. The Morgan fingerprint density at radius 1 is 1.06 bits per heavy atom. The first kappa shape index (κ1) is 22.0. The van der Waals surface area contributed by atoms with Crippen molar-refractivity contribution in [2.24, 2.45) is 0 Å². The van der Waals surface area contributed by atoms with Crippen LogP contribution in [0.15, 0.2) is 91.4 Å². The standard InChI is InChI=1S/C27H26N4O2/c1-3-33-25-14-11-21(12-15-25)19-30(2)26(32)16-13-23-20-31(24-9-5-4-6-10-24)29-27(23)22-8-7-17-28-18-22/h4-18,20H,3,19H2,1-2H3/b16-13+. The monoisotopic (exact) mass is 438 g/mol. The molecule has 0 atom stereocenters. The summed E-state index contributed by atoms with van der Waals surface area (Å²) in [6, 6.07) is 21.5. The van der Waals surface area contributed by atoms with Crippen LogP contribution in [0.25, 0.3) is 23.0 Å². The third kappa shape index (κ3) is 5.54. The smallest absolute Gasteiger partial charge is 0.246 e. The molecule has 4 aromatic rings. The molecule has 33 heavy (non-hydrogen) atoms. The van der Waals surface area contributed by atoms with E-state index in [9.17, 15) is 4.79 Å². The van der Waals surface area contributed by atoms with E-state index in [0.29, 0.717) is 13.2 Å². The predicted molar refractivity (Wildman–Crippen MR) is 130 cm³/mol. The van der Waals surface area contributed by atoms with Crippen LogP contribution in [-0.2, 0) is 11.3 Å². The molecule has 0 fully saturated rings. The number of nitrogens with zero attached hydrogens (tertiary/aromatic N) is 4. The number of ether oxygens (including phenoxy) is 1. The van der Waals surface area contributed by atoms with Gasteiger partial charge in [0.05, 0.1) is 12.3 Å². The van der Waals surface area contributed by atoms with Crippen LogP contribution in [0.3, 0.4) is 0 Å². The van der Waals surface area contributed by atoms with Crippen LogP contribution in [0.1, 0.15) is 18.1 Å². The molecule has 0 aliphatic heterocycles. The molecule has 6 nitrogen and oxygen atoms in total. The summed E-state index contributed by atoms with van der Waals surface area (Å²) in [6.45, 7) is 3.09. The van der Waals surface area contributed by atoms with Gasteiger partial charge in [-0.15, -0.1) is 0 Å². The van der Waals surface area contributed by atoms with Crippen LogP contribution < -0.4 is 4.74 Å². The van der Waals surface area contributed by atoms with E-state index in [1.54, 1.807) is 30.4 Å². The molecule has 0 bridgehead atoms. The second-order valence-corrected chi connectivity index (χ2v) is 7.56. The minimum Gasteiger partial charge on any atom is -0.494 e. The molecule has 0 radical (unpaired) electrons. The number of hydrogen-bond donors (Lipinski definition) is 0. The Morgan fingerprint density at radius 2 is 1.85 bits per heavy atom. The zero-order valence-corrected chi connectivity index (χ0v) is 18.8. The maximum absolute atomic E-state index is 12.8. The average molecular weight is 439 g/mol. The number of benzene rings is 2. The highest BCUT2D eigenvalue weighted by molar-refractivity contribution is 5.92. The van der Waals surface area contributed by atoms with Crippen molar-refractivity contribution in [1.29, 1.82) is 0 Å². The van der Waals surface area contributed by atoms with Crippen LogP contribution in [-0.4, -0.2) is 39.2 Å². The van der Waals surface area contributed by atoms with E-state index in [1.165, 1.54) is 0 Å². The molecule has 6 heteroatoms. The van der Waals surface area contributed by atoms with E-state index in [-0.39, 0.29) is 5.91 Å². The van der Waals surface area contributed by atoms with Crippen molar-refractivity contribution in [3.8, 4) is 22.7 Å². The molecule has 0 aliphatic carbocycles. The van der Waals surface area contributed by atoms with Gasteiger partial charge in [-0.1, -0.05) is 30.3 Å². The fourth-order valence-electron chi connectivity index (χ4n) is 3.45. The molecule has 0 spiro atoms. The lowest BCUT2D eigenvalue weighted by Crippen LogP contribution is -2.24. The largest absolute Gasteiger partial charge is 0.494 e. The molecule has 0 N–H and O–H groups in total. The molecule has 2 aromatic heterocycles. The Balaban J connectivity index is 1.53. The molecule has 1 amide bonds. The summed E-state index contributed by atoms with van der Waals surface area (Å²) in [6.07, 6.45) is 8.82. The summed E-state index contributed by atoms with van der Waals surface area (Å²) >= 11 is 0. The number of para-hydroxylation sites is 1. The van der Waals surface area contributed by atoms with Gasteiger partial charge in [0.25, 0.3) is 0 Å². The van der Waals surface area contributed by atoms with Crippen LogP contribution in [0.4, 0.5) is 0 Å². The summed E-state index contributed by atoms with van der Waals surface area (Å²) in [4.78, 5) is 18.7. The summed E-state index contributed by atoms with van der Waals surface area (Å²) in [5.41, 5.74) is 4.48. The number of amides is 1. The van der Waals surface area contributed by atoms with Gasteiger partial charge in [-0.2, -0.15) is 5.10 Å². The molecule has 0 unspecified atom stereocenters. The van der Waals surface area contributed by atoms with Crippen molar-refractivity contribution < 1.29 is 9.53 Å². The Bertz CT molecular complexity index is 1220. The molecule has 4 rings (SSSR count). The zero-order valence-electron chi connectivity index (χ0n) is 18.8. The van der Waals surface area contributed by atoms with Gasteiger partial charge < -0.3 is 9.64 Å². The zero-order chi connectivity index (χ0) is 23.0. The Kier molecular flexibility index (Phi) is 6.95. The molecule has 0 saturated heterocycles. The molecular formula is C27H26N4O2. The molecule has 2 aromatic carbocycles. The lowest BCUT2D eigenvalue weighted by atomic mass is 10.1. The van der Waals surface area contributed by atoms with Crippen molar-refractivity contribution in [1.82, 2.24) is 19.7 Å². The summed E-state index contributed by atoms with van der Waals surface area (Å²) < 4.78 is 7.29. The van der Waals surface area contributed by atoms with E-state index in [4.69, 9.17) is 9.84 Å². The van der Waals surface area contributed by atoms with Gasteiger partial charge in [0, 0.05) is 49.4 Å². The average Bonchev–Trinajstić information content (AvgIpc) is 3.29. The van der Waals surface area contributed by atoms with E-state index in [2.05, 4.69) is 4.98 Å². The van der Waals surface area contributed by atoms with Gasteiger partial charge in [-0.05, 0) is 55.0 Å². The second kappa shape index (κ2) is 10.4. The Hall–Kier alpha value is -4.19. The Labute approximate surface area is 193 Å². The SMILES string of the molecule is CCOc1ccc(CN(C)C(=O)/C=C/c2cn(-c3ccccc3)nc2-c2cccnc2)cc1. The highest BCUT2D eigenvalue weighted by atomic mass is 16.5. The first-order valence-electron chi connectivity index (χ1n) is 10.8. The number of rotatable bonds is 8. The van der Waals surface area contributed by atoms with Crippen LogP contribution in [0.5, 0.6) is 5.75 Å². The molecule has 2 heterocycles. The van der Waals surface area contributed by atoms with Gasteiger partial charge in [0.15, 0.2) is 0 Å². The van der Waals surface area contributed by atoms with E-state index >= 15 is 0 Å². The van der Waals surface area contributed by atoms with E-state index in [0.717, 1.165) is 33.8 Å². The predicted octanol–water partition coefficient (Wildman–Crippen LogP) is 5.00. The highest BCUT2D eigenvalue weighted by Crippen LogP contribution is 2.24. The van der Waals surface area contributed by atoms with Crippen molar-refractivity contribution >= 4 is 12.0 Å². The molecule has 166 valence electrons. The van der Waals surface area contributed by atoms with Gasteiger partial charge in [-0.3, -0.25) is 9.78 Å². The van der Waals surface area contributed by atoms with Gasteiger partial charge in [0.1, 0.15) is 11.4 Å². The van der Waals surface area contributed by atoms with Crippen molar-refractivity contribution in [3.63, 3.8) is 0 Å². The third-order valence-electron chi connectivity index (χ3n) is 5.13. The highest BCUT2D eigenvalue weighted by Gasteiger charge is 2.12. The van der Waals surface area contributed by atoms with E-state index in [1.807, 2.05) is 90.6 Å². The van der Waals surface area contributed by atoms with E-state index < -0.39 is 0 Å². The number of aromatic nitrogens is 3. The quantitative estimate of drug-likeness (QED) is 0.363. The third-order valence-corrected chi connectivity index (χ3v) is 5.13. The maximum atomic E-state index is 12.8. The van der Waals surface area contributed by atoms with Gasteiger partial charge >= 0.3 is 0 Å². The minimum atomic E-state index is -0.0894. The van der Waals surface area contributed by atoms with Gasteiger partial charge in [-0.25, -0.2) is 4.68 Å². The number of hydrogen-bond acceptors (Lipinski definition) is 4. The number of pyridine rings is 1. The second-order valence-electron chi connectivity index (χ2n) is 7.56. The lowest BCUT2D eigenvalue weighted by Gasteiger charge is -2.15. The van der Waals surface area contributed by atoms with Gasteiger partial charge in [0.2, 0.25) is 5.91 Å². The van der Waals surface area contributed by atoms with Crippen LogP contribution >= 0.6 is 0 Å². The first-order chi connectivity index (χ1) is 16.1. The lowest BCUT2D eigenvalue weighted by molar-refractivity contribution is -0.125. The normalized spacial score (nSPS) is 11.0. The molecular weight excluding hydrogens is 412 g/mol. The Morgan fingerprint density at radius 3 is 2.55 bits per heavy atom. The number of carbonyl (C=O) groups excluding carboxylic acids is 1. The fourth-order valence-corrected chi connectivity index (χ4v) is 3.45. The minimum absolute atomic E-state index is 0.0894. The van der Waals surface area contributed by atoms with Crippen molar-refractivity contribution in [3.05, 3.63) is 103 Å². The molecule has 0 aliphatic rings. The number of likely N-dealkylation sites (N-methyl/N-ethyl adjacent to an activating group) is 1. The molecule has 0 saturated carbocycles. The summed E-state index contributed by atoms with van der Waals surface area (Å²) in [7, 11) is 1.79. The number of carbonyl (C=O) groups is 1. The van der Waals surface area contributed by atoms with Crippen molar-refractivity contribution in [2.75, 3.05) is 13.7 Å². The maximum Gasteiger partial charge on any atom is 0.246 e. The summed E-state index contributed by atoms with van der Waals surface area (Å²) in [5, 5.41) is 4.75. The summed E-state index contributed by atoms with van der Waals surface area (Å²) in [5.74, 6) is 0.738. The topological polar surface area (TPSA) is 60.2 Å².